The number of fused-ring (bicyclic) bond motifs is 1. The third-order valence-electron chi connectivity index (χ3n) is 4.05. The van der Waals surface area contributed by atoms with E-state index in [1.807, 2.05) is 24.3 Å². The van der Waals surface area contributed by atoms with Crippen molar-refractivity contribution >= 4 is 16.8 Å². The van der Waals surface area contributed by atoms with Gasteiger partial charge in [-0.2, -0.15) is 0 Å². The van der Waals surface area contributed by atoms with Gasteiger partial charge >= 0.3 is 0 Å². The van der Waals surface area contributed by atoms with Gasteiger partial charge in [-0.3, -0.25) is 9.59 Å². The zero-order valence-corrected chi connectivity index (χ0v) is 12.1. The van der Waals surface area contributed by atoms with Gasteiger partial charge in [0.1, 0.15) is 0 Å². The topological polar surface area (TPSA) is 65.2 Å². The number of aromatic amines is 1. The highest BCUT2D eigenvalue weighted by Gasteiger charge is 2.20. The number of carbonyl (C=O) groups is 1. The first kappa shape index (κ1) is 13.8. The van der Waals surface area contributed by atoms with Gasteiger partial charge in [0.15, 0.2) is 0 Å². The summed E-state index contributed by atoms with van der Waals surface area (Å²) in [5, 5.41) is 3.84. The van der Waals surface area contributed by atoms with Crippen molar-refractivity contribution in [3.05, 3.63) is 46.2 Å². The molecule has 2 heterocycles. The molecule has 1 aromatic heterocycles. The van der Waals surface area contributed by atoms with Gasteiger partial charge in [0.25, 0.3) is 5.91 Å². The summed E-state index contributed by atoms with van der Waals surface area (Å²) in [6.07, 6.45) is 1.90. The highest BCUT2D eigenvalue weighted by molar-refractivity contribution is 6.06. The predicted molar refractivity (Wildman–Crippen MR) is 82.6 cm³/mol. The first-order chi connectivity index (χ1) is 10.1. The van der Waals surface area contributed by atoms with E-state index in [4.69, 9.17) is 0 Å². The van der Waals surface area contributed by atoms with Crippen LogP contribution in [0.2, 0.25) is 0 Å². The summed E-state index contributed by atoms with van der Waals surface area (Å²) < 4.78 is 0. The van der Waals surface area contributed by atoms with E-state index in [2.05, 4.69) is 22.2 Å². The number of hydrogen-bond donors (Lipinski definition) is 2. The molecule has 0 atom stereocenters. The molecule has 1 fully saturated rings. The second kappa shape index (κ2) is 5.69. The van der Waals surface area contributed by atoms with Crippen LogP contribution in [0.5, 0.6) is 0 Å². The van der Waals surface area contributed by atoms with E-state index in [1.54, 1.807) is 0 Å². The number of H-pyrrole nitrogens is 1. The molecule has 1 saturated heterocycles. The second-order valence-electron chi connectivity index (χ2n) is 5.64. The van der Waals surface area contributed by atoms with Gasteiger partial charge in [-0.1, -0.05) is 18.2 Å². The number of benzene rings is 1. The Morgan fingerprint density at radius 2 is 2.00 bits per heavy atom. The van der Waals surface area contributed by atoms with Crippen molar-refractivity contribution < 1.29 is 4.79 Å². The highest BCUT2D eigenvalue weighted by atomic mass is 16.2. The Kier molecular flexibility index (Phi) is 3.75. The molecule has 110 valence electrons. The van der Waals surface area contributed by atoms with Gasteiger partial charge in [0, 0.05) is 23.0 Å². The van der Waals surface area contributed by atoms with Crippen LogP contribution in [-0.4, -0.2) is 42.0 Å². The fraction of sp³-hybridized carbons (Fsp3) is 0.375. The molecular formula is C16H19N3O2. The van der Waals surface area contributed by atoms with E-state index >= 15 is 0 Å². The largest absolute Gasteiger partial charge is 0.349 e. The molecule has 0 saturated carbocycles. The summed E-state index contributed by atoms with van der Waals surface area (Å²) in [4.78, 5) is 29.2. The number of amides is 1. The maximum atomic E-state index is 12.5. The molecule has 1 aliphatic rings. The molecule has 1 amide bonds. The summed E-state index contributed by atoms with van der Waals surface area (Å²) in [6, 6.07) is 8.95. The average molecular weight is 285 g/mol. The molecular weight excluding hydrogens is 266 g/mol. The van der Waals surface area contributed by atoms with E-state index in [1.165, 1.54) is 6.07 Å². The molecule has 0 aliphatic carbocycles. The van der Waals surface area contributed by atoms with Crippen LogP contribution in [0.15, 0.2) is 35.1 Å². The van der Waals surface area contributed by atoms with E-state index < -0.39 is 0 Å². The lowest BCUT2D eigenvalue weighted by Crippen LogP contribution is -2.43. The Morgan fingerprint density at radius 1 is 1.29 bits per heavy atom. The van der Waals surface area contributed by atoms with E-state index in [-0.39, 0.29) is 17.5 Å². The van der Waals surface area contributed by atoms with Gasteiger partial charge in [-0.25, -0.2) is 0 Å². The van der Waals surface area contributed by atoms with Crippen LogP contribution in [0.4, 0.5) is 0 Å². The third kappa shape index (κ3) is 2.97. The molecule has 0 radical (unpaired) electrons. The van der Waals surface area contributed by atoms with Crippen LogP contribution >= 0.6 is 0 Å². The Balaban J connectivity index is 1.86. The van der Waals surface area contributed by atoms with Crippen molar-refractivity contribution in [1.82, 2.24) is 15.2 Å². The number of pyridine rings is 1. The zero-order chi connectivity index (χ0) is 14.8. The predicted octanol–water partition coefficient (Wildman–Crippen LogP) is 1.35. The highest BCUT2D eigenvalue weighted by Crippen LogP contribution is 2.16. The Bertz CT molecular complexity index is 715. The molecule has 5 nitrogen and oxygen atoms in total. The molecule has 2 N–H and O–H groups in total. The lowest BCUT2D eigenvalue weighted by Gasteiger charge is -2.29. The van der Waals surface area contributed by atoms with Crippen molar-refractivity contribution in [2.24, 2.45) is 0 Å². The monoisotopic (exact) mass is 285 g/mol. The number of piperidine rings is 1. The number of para-hydroxylation sites is 1. The molecule has 5 heteroatoms. The fourth-order valence-electron chi connectivity index (χ4n) is 2.81. The van der Waals surface area contributed by atoms with Gasteiger partial charge in [0.05, 0.1) is 5.56 Å². The molecule has 21 heavy (non-hydrogen) atoms. The minimum atomic E-state index is -0.248. The lowest BCUT2D eigenvalue weighted by atomic mass is 10.0. The average Bonchev–Trinajstić information content (AvgIpc) is 2.48. The Labute approximate surface area is 123 Å². The summed E-state index contributed by atoms with van der Waals surface area (Å²) in [6.45, 7) is 1.97. The van der Waals surface area contributed by atoms with Crippen molar-refractivity contribution in [2.75, 3.05) is 20.1 Å². The minimum Gasteiger partial charge on any atom is -0.349 e. The zero-order valence-electron chi connectivity index (χ0n) is 12.1. The Morgan fingerprint density at radius 3 is 2.76 bits per heavy atom. The van der Waals surface area contributed by atoms with Crippen molar-refractivity contribution in [3.63, 3.8) is 0 Å². The standard InChI is InChI=1S/C16H19N3O2/c1-19-8-6-11(7-9-19)17-16(21)13-10-15(20)18-14-5-3-2-4-12(13)14/h2-5,10-11H,6-9H2,1H3,(H,17,21)(H,18,20). The second-order valence-corrected chi connectivity index (χ2v) is 5.64. The molecule has 1 aliphatic heterocycles. The van der Waals surface area contributed by atoms with Crippen molar-refractivity contribution in [3.8, 4) is 0 Å². The van der Waals surface area contributed by atoms with Gasteiger partial charge < -0.3 is 15.2 Å². The SMILES string of the molecule is CN1CCC(NC(=O)c2cc(=O)[nH]c3ccccc23)CC1. The van der Waals surface area contributed by atoms with Crippen LogP contribution in [-0.2, 0) is 0 Å². The maximum Gasteiger partial charge on any atom is 0.252 e. The number of nitrogens with one attached hydrogen (secondary N) is 2. The molecule has 2 aromatic rings. The number of nitrogens with zero attached hydrogens (tertiary/aromatic N) is 1. The van der Waals surface area contributed by atoms with E-state index in [0.717, 1.165) is 31.3 Å². The first-order valence-corrected chi connectivity index (χ1v) is 7.25. The summed E-state index contributed by atoms with van der Waals surface area (Å²) in [5.41, 5.74) is 0.897. The normalized spacial score (nSPS) is 17.0. The first-order valence-electron chi connectivity index (χ1n) is 7.25. The van der Waals surface area contributed by atoms with Crippen LogP contribution in [0, 0.1) is 0 Å². The van der Waals surface area contributed by atoms with E-state index in [9.17, 15) is 9.59 Å². The molecule has 3 rings (SSSR count). The summed E-state index contributed by atoms with van der Waals surface area (Å²) in [5.74, 6) is -0.160. The Hall–Kier alpha value is -2.14. The van der Waals surface area contributed by atoms with Gasteiger partial charge in [-0.15, -0.1) is 0 Å². The van der Waals surface area contributed by atoms with E-state index in [0.29, 0.717) is 11.1 Å². The fourth-order valence-corrected chi connectivity index (χ4v) is 2.81. The summed E-state index contributed by atoms with van der Waals surface area (Å²) >= 11 is 0. The molecule has 0 spiro atoms. The van der Waals surface area contributed by atoms with Crippen LogP contribution in [0.3, 0.4) is 0 Å². The maximum absolute atomic E-state index is 12.5. The number of aromatic nitrogens is 1. The molecule has 0 bridgehead atoms. The molecule has 1 aromatic carbocycles. The van der Waals surface area contributed by atoms with Crippen LogP contribution in [0.25, 0.3) is 10.9 Å². The summed E-state index contributed by atoms with van der Waals surface area (Å²) in [7, 11) is 2.09. The van der Waals surface area contributed by atoms with Crippen LogP contribution < -0.4 is 10.9 Å². The van der Waals surface area contributed by atoms with Crippen LogP contribution in [0.1, 0.15) is 23.2 Å². The molecule has 0 unspecified atom stereocenters. The minimum absolute atomic E-state index is 0.160. The lowest BCUT2D eigenvalue weighted by molar-refractivity contribution is 0.0918. The third-order valence-corrected chi connectivity index (χ3v) is 4.05. The van der Waals surface area contributed by atoms with Crippen molar-refractivity contribution in [2.45, 2.75) is 18.9 Å². The quantitative estimate of drug-likeness (QED) is 0.875. The number of likely N-dealkylation sites (tertiary alicyclic amines) is 1. The van der Waals surface area contributed by atoms with Gasteiger partial charge in [0.2, 0.25) is 5.56 Å². The number of rotatable bonds is 2. The number of hydrogen-bond acceptors (Lipinski definition) is 3. The van der Waals surface area contributed by atoms with Gasteiger partial charge in [-0.05, 0) is 39.0 Å². The van der Waals surface area contributed by atoms with Crippen molar-refractivity contribution in [1.29, 1.82) is 0 Å². The smallest absolute Gasteiger partial charge is 0.252 e. The number of carbonyl (C=O) groups excluding carboxylic acids is 1.